The van der Waals surface area contributed by atoms with E-state index in [-0.39, 0.29) is 24.8 Å². The van der Waals surface area contributed by atoms with E-state index in [0.29, 0.717) is 5.75 Å². The van der Waals surface area contributed by atoms with Crippen molar-refractivity contribution < 1.29 is 18.7 Å². The van der Waals surface area contributed by atoms with Gasteiger partial charge in [-0.1, -0.05) is 0 Å². The fourth-order valence-corrected chi connectivity index (χ4v) is 2.47. The molecular formula is C14H19FN2O3S. The molecule has 0 saturated heterocycles. The second-order valence-corrected chi connectivity index (χ2v) is 5.90. The topological polar surface area (TPSA) is 81.4 Å². The maximum Gasteiger partial charge on any atom is 0.245 e. The van der Waals surface area contributed by atoms with Gasteiger partial charge < -0.3 is 15.8 Å². The third-order valence-corrected chi connectivity index (χ3v) is 3.82. The molecule has 1 rings (SSSR count). The minimum Gasteiger partial charge on any atom is -0.382 e. The Bertz CT molecular complexity index is 495. The predicted octanol–water partition coefficient (Wildman–Crippen LogP) is 1.31. The highest BCUT2D eigenvalue weighted by Crippen LogP contribution is 2.19. The highest BCUT2D eigenvalue weighted by atomic mass is 32.2. The van der Waals surface area contributed by atoms with Crippen molar-refractivity contribution in [2.24, 2.45) is 5.73 Å². The normalized spacial score (nSPS) is 13.5. The second kappa shape index (κ2) is 7.99. The average molecular weight is 314 g/mol. The summed E-state index contributed by atoms with van der Waals surface area (Å²) in [5.41, 5.74) is 4.05. The van der Waals surface area contributed by atoms with Gasteiger partial charge in [-0.2, -0.15) is 0 Å². The second-order valence-electron chi connectivity index (χ2n) is 4.73. The number of hydrogen-bond donors (Lipinski definition) is 2. The van der Waals surface area contributed by atoms with E-state index in [4.69, 9.17) is 10.5 Å². The molecule has 0 unspecified atom stereocenters. The molecule has 21 heavy (non-hydrogen) atoms. The molecule has 0 aromatic heterocycles. The van der Waals surface area contributed by atoms with Gasteiger partial charge in [-0.3, -0.25) is 9.59 Å². The number of ether oxygens (including phenoxy) is 1. The number of amides is 2. The number of nitrogens with two attached hydrogens (primary N) is 1. The zero-order valence-electron chi connectivity index (χ0n) is 12.0. The van der Waals surface area contributed by atoms with E-state index in [1.807, 2.05) is 0 Å². The molecule has 116 valence electrons. The number of benzene rings is 1. The molecule has 5 nitrogen and oxygen atoms in total. The zero-order chi connectivity index (χ0) is 15.9. The summed E-state index contributed by atoms with van der Waals surface area (Å²) in [4.78, 5) is 24.1. The van der Waals surface area contributed by atoms with Crippen LogP contribution >= 0.6 is 11.8 Å². The van der Waals surface area contributed by atoms with Crippen molar-refractivity contribution in [3.8, 4) is 0 Å². The van der Waals surface area contributed by atoms with Crippen LogP contribution in [0.15, 0.2) is 29.2 Å². The minimum absolute atomic E-state index is 0.0131. The van der Waals surface area contributed by atoms with Crippen molar-refractivity contribution >= 4 is 23.6 Å². The number of carbonyl (C=O) groups is 2. The molecule has 0 radical (unpaired) electrons. The summed E-state index contributed by atoms with van der Waals surface area (Å²) < 4.78 is 17.6. The first-order valence-electron chi connectivity index (χ1n) is 6.35. The standard InChI is InChI=1S/C14H19FN2O3S/c1-14(9-20-2,13(16)19)17-12(18)7-8-21-11-5-3-10(15)4-6-11/h3-6H,7-9H2,1-2H3,(H2,16,19)(H,17,18)/t14-/m1/s1. The lowest BCUT2D eigenvalue weighted by atomic mass is 10.0. The van der Waals surface area contributed by atoms with E-state index >= 15 is 0 Å². The molecule has 0 heterocycles. The van der Waals surface area contributed by atoms with Gasteiger partial charge in [0.25, 0.3) is 0 Å². The quantitative estimate of drug-likeness (QED) is 0.709. The molecule has 0 aliphatic carbocycles. The Hall–Kier alpha value is -1.60. The number of halogens is 1. The van der Waals surface area contributed by atoms with Gasteiger partial charge in [0, 0.05) is 24.2 Å². The monoisotopic (exact) mass is 314 g/mol. The SMILES string of the molecule is COC[C@@](C)(NC(=O)CCSc1ccc(F)cc1)C(N)=O. The number of methoxy groups -OCH3 is 1. The molecular weight excluding hydrogens is 295 g/mol. The van der Waals surface area contributed by atoms with Crippen LogP contribution in [0.2, 0.25) is 0 Å². The maximum absolute atomic E-state index is 12.7. The van der Waals surface area contributed by atoms with Crippen molar-refractivity contribution in [3.05, 3.63) is 30.1 Å². The summed E-state index contributed by atoms with van der Waals surface area (Å²) in [6, 6.07) is 6.03. The molecule has 1 aromatic rings. The van der Waals surface area contributed by atoms with Crippen molar-refractivity contribution in [2.45, 2.75) is 23.8 Å². The van der Waals surface area contributed by atoms with Crippen LogP contribution in [0.5, 0.6) is 0 Å². The summed E-state index contributed by atoms with van der Waals surface area (Å²) in [6.07, 6.45) is 0.217. The Morgan fingerprint density at radius 3 is 2.52 bits per heavy atom. The Labute approximate surface area is 127 Å². The molecule has 1 atom stereocenters. The van der Waals surface area contributed by atoms with Crippen LogP contribution in [0.3, 0.4) is 0 Å². The molecule has 0 bridgehead atoms. The van der Waals surface area contributed by atoms with E-state index in [0.717, 1.165) is 4.90 Å². The largest absolute Gasteiger partial charge is 0.382 e. The lowest BCUT2D eigenvalue weighted by molar-refractivity contribution is -0.132. The molecule has 7 heteroatoms. The highest BCUT2D eigenvalue weighted by Gasteiger charge is 2.32. The third kappa shape index (κ3) is 5.73. The number of thioether (sulfide) groups is 1. The first-order chi connectivity index (χ1) is 9.87. The van der Waals surface area contributed by atoms with Gasteiger partial charge in [0.05, 0.1) is 6.61 Å². The van der Waals surface area contributed by atoms with Gasteiger partial charge in [-0.15, -0.1) is 11.8 Å². The summed E-state index contributed by atoms with van der Waals surface area (Å²) >= 11 is 1.43. The average Bonchev–Trinajstić information content (AvgIpc) is 2.41. The Balaban J connectivity index is 2.43. The molecule has 0 fully saturated rings. The van der Waals surface area contributed by atoms with E-state index in [2.05, 4.69) is 5.32 Å². The fraction of sp³-hybridized carbons (Fsp3) is 0.429. The lowest BCUT2D eigenvalue weighted by Crippen LogP contribution is -2.58. The van der Waals surface area contributed by atoms with Crippen LogP contribution in [0.1, 0.15) is 13.3 Å². The van der Waals surface area contributed by atoms with Gasteiger partial charge in [0.1, 0.15) is 11.4 Å². The van der Waals surface area contributed by atoms with Crippen molar-refractivity contribution in [1.82, 2.24) is 5.32 Å². The van der Waals surface area contributed by atoms with Gasteiger partial charge >= 0.3 is 0 Å². The van der Waals surface area contributed by atoms with Crippen LogP contribution in [0.4, 0.5) is 4.39 Å². The minimum atomic E-state index is -1.22. The molecule has 0 aliphatic heterocycles. The van der Waals surface area contributed by atoms with Crippen LogP contribution in [0, 0.1) is 5.82 Å². The number of hydrogen-bond acceptors (Lipinski definition) is 4. The maximum atomic E-state index is 12.7. The molecule has 1 aromatic carbocycles. The lowest BCUT2D eigenvalue weighted by Gasteiger charge is -2.26. The van der Waals surface area contributed by atoms with E-state index in [1.54, 1.807) is 12.1 Å². The summed E-state index contributed by atoms with van der Waals surface area (Å²) in [5, 5.41) is 2.58. The molecule has 0 spiro atoms. The number of primary amides is 1. The number of carbonyl (C=O) groups excluding carboxylic acids is 2. The van der Waals surface area contributed by atoms with Crippen molar-refractivity contribution in [2.75, 3.05) is 19.5 Å². The highest BCUT2D eigenvalue weighted by molar-refractivity contribution is 7.99. The van der Waals surface area contributed by atoms with Gasteiger partial charge in [0.2, 0.25) is 11.8 Å². The van der Waals surface area contributed by atoms with Gasteiger partial charge in [-0.05, 0) is 31.2 Å². The Morgan fingerprint density at radius 1 is 1.38 bits per heavy atom. The Morgan fingerprint density at radius 2 is 2.00 bits per heavy atom. The fourth-order valence-electron chi connectivity index (χ4n) is 1.62. The smallest absolute Gasteiger partial charge is 0.245 e. The first kappa shape index (κ1) is 17.5. The van der Waals surface area contributed by atoms with Crippen molar-refractivity contribution in [1.29, 1.82) is 0 Å². The van der Waals surface area contributed by atoms with Crippen LogP contribution < -0.4 is 11.1 Å². The van der Waals surface area contributed by atoms with E-state index < -0.39 is 11.4 Å². The molecule has 0 saturated carbocycles. The van der Waals surface area contributed by atoms with Crippen LogP contribution in [-0.2, 0) is 14.3 Å². The predicted molar refractivity (Wildman–Crippen MR) is 79.4 cm³/mol. The number of rotatable bonds is 8. The van der Waals surface area contributed by atoms with Gasteiger partial charge in [-0.25, -0.2) is 4.39 Å². The Kier molecular flexibility index (Phi) is 6.64. The van der Waals surface area contributed by atoms with Crippen LogP contribution in [-0.4, -0.2) is 36.8 Å². The van der Waals surface area contributed by atoms with Gasteiger partial charge in [0.15, 0.2) is 0 Å². The third-order valence-electron chi connectivity index (χ3n) is 2.80. The summed E-state index contributed by atoms with van der Waals surface area (Å²) in [6.45, 7) is 1.53. The molecule has 3 N–H and O–H groups in total. The van der Waals surface area contributed by atoms with Crippen LogP contribution in [0.25, 0.3) is 0 Å². The van der Waals surface area contributed by atoms with E-state index in [9.17, 15) is 14.0 Å². The summed E-state index contributed by atoms with van der Waals surface area (Å²) in [7, 11) is 1.43. The summed E-state index contributed by atoms with van der Waals surface area (Å²) in [5.74, 6) is -0.722. The first-order valence-corrected chi connectivity index (χ1v) is 7.34. The zero-order valence-corrected chi connectivity index (χ0v) is 12.8. The van der Waals surface area contributed by atoms with Crippen molar-refractivity contribution in [3.63, 3.8) is 0 Å². The van der Waals surface area contributed by atoms with E-state index in [1.165, 1.54) is 37.9 Å². The number of nitrogens with one attached hydrogen (secondary N) is 1. The molecule has 0 aliphatic rings. The molecule has 2 amide bonds.